The van der Waals surface area contributed by atoms with Crippen LogP contribution in [0.5, 0.6) is 0 Å². The largest absolute Gasteiger partial charge is 0.369 e. The van der Waals surface area contributed by atoms with Gasteiger partial charge in [0.15, 0.2) is 0 Å². The fraction of sp³-hybridized carbons (Fsp3) is 0.389. The van der Waals surface area contributed by atoms with E-state index in [1.54, 1.807) is 16.9 Å². The van der Waals surface area contributed by atoms with Crippen molar-refractivity contribution in [3.05, 3.63) is 42.0 Å². The van der Waals surface area contributed by atoms with Gasteiger partial charge in [-0.15, -0.1) is 0 Å². The van der Waals surface area contributed by atoms with Crippen molar-refractivity contribution < 1.29 is 4.39 Å². The quantitative estimate of drug-likeness (QED) is 0.864. The smallest absolute Gasteiger partial charge is 0.220 e. The molecule has 0 bridgehead atoms. The maximum absolute atomic E-state index is 14.2. The van der Waals surface area contributed by atoms with Gasteiger partial charge in [-0.25, -0.2) is 14.1 Å². The zero-order chi connectivity index (χ0) is 18.3. The number of guanidine groups is 2. The number of hydrogen-bond acceptors (Lipinski definition) is 6. The Balaban J connectivity index is 1.90. The van der Waals surface area contributed by atoms with Crippen LogP contribution in [0.15, 0.2) is 40.6 Å². The third-order valence-corrected chi connectivity index (χ3v) is 4.99. The molecule has 26 heavy (non-hydrogen) atoms. The van der Waals surface area contributed by atoms with E-state index in [2.05, 4.69) is 15.1 Å². The van der Waals surface area contributed by atoms with Crippen molar-refractivity contribution in [2.45, 2.75) is 44.7 Å². The third-order valence-electron chi connectivity index (χ3n) is 4.99. The van der Waals surface area contributed by atoms with Crippen molar-refractivity contribution in [2.24, 2.45) is 21.5 Å². The molecule has 4 N–H and O–H groups in total. The third kappa shape index (κ3) is 2.71. The second kappa shape index (κ2) is 6.12. The Hall–Kier alpha value is -2.90. The zero-order valence-electron chi connectivity index (χ0n) is 14.7. The van der Waals surface area contributed by atoms with Crippen LogP contribution in [-0.4, -0.2) is 27.4 Å². The summed E-state index contributed by atoms with van der Waals surface area (Å²) in [5, 5.41) is 4.37. The SMILES string of the molecule is Cc1cnn(-c2ccc(F)cc2N2C(N)=NC(N)=NC23CCCCC3)c1. The molecule has 1 aliphatic heterocycles. The lowest BCUT2D eigenvalue weighted by molar-refractivity contribution is 0.305. The van der Waals surface area contributed by atoms with E-state index in [0.717, 1.165) is 43.4 Å². The second-order valence-electron chi connectivity index (χ2n) is 6.91. The van der Waals surface area contributed by atoms with Gasteiger partial charge in [-0.1, -0.05) is 6.42 Å². The number of rotatable bonds is 2. The highest BCUT2D eigenvalue weighted by Crippen LogP contribution is 2.41. The Morgan fingerprint density at radius 3 is 2.58 bits per heavy atom. The van der Waals surface area contributed by atoms with Crippen LogP contribution in [0.1, 0.15) is 37.7 Å². The molecule has 2 heterocycles. The number of halogens is 1. The molecular formula is C18H22FN7. The molecule has 1 saturated carbocycles. The molecule has 1 aromatic carbocycles. The zero-order valence-corrected chi connectivity index (χ0v) is 14.7. The van der Waals surface area contributed by atoms with E-state index in [4.69, 9.17) is 11.5 Å². The number of aryl methyl sites for hydroxylation is 1. The Morgan fingerprint density at radius 1 is 1.12 bits per heavy atom. The van der Waals surface area contributed by atoms with Gasteiger partial charge in [0, 0.05) is 6.20 Å². The Morgan fingerprint density at radius 2 is 1.88 bits per heavy atom. The number of benzene rings is 1. The molecule has 0 unspecified atom stereocenters. The summed E-state index contributed by atoms with van der Waals surface area (Å²) in [7, 11) is 0. The van der Waals surface area contributed by atoms with Crippen LogP contribution in [0.3, 0.4) is 0 Å². The van der Waals surface area contributed by atoms with Gasteiger partial charge in [0.05, 0.1) is 17.6 Å². The van der Waals surface area contributed by atoms with Crippen LogP contribution in [0.25, 0.3) is 5.69 Å². The van der Waals surface area contributed by atoms with Crippen molar-refractivity contribution in [1.29, 1.82) is 0 Å². The predicted octanol–water partition coefficient (Wildman–Crippen LogP) is 2.43. The number of anilines is 1. The van der Waals surface area contributed by atoms with Gasteiger partial charge in [-0.3, -0.25) is 4.90 Å². The number of hydrogen-bond donors (Lipinski definition) is 2. The van der Waals surface area contributed by atoms with E-state index >= 15 is 0 Å². The van der Waals surface area contributed by atoms with E-state index in [1.807, 2.05) is 18.0 Å². The molecule has 4 rings (SSSR count). The van der Waals surface area contributed by atoms with Crippen molar-refractivity contribution in [3.63, 3.8) is 0 Å². The van der Waals surface area contributed by atoms with Crippen molar-refractivity contribution >= 4 is 17.6 Å². The maximum atomic E-state index is 14.2. The molecule has 0 saturated heterocycles. The van der Waals surface area contributed by atoms with Crippen LogP contribution < -0.4 is 16.4 Å². The summed E-state index contributed by atoms with van der Waals surface area (Å²) >= 11 is 0. The monoisotopic (exact) mass is 355 g/mol. The molecular weight excluding hydrogens is 333 g/mol. The van der Waals surface area contributed by atoms with Crippen molar-refractivity contribution in [3.8, 4) is 5.69 Å². The number of nitrogens with zero attached hydrogens (tertiary/aromatic N) is 5. The maximum Gasteiger partial charge on any atom is 0.220 e. The van der Waals surface area contributed by atoms with Gasteiger partial charge in [0.2, 0.25) is 11.9 Å². The van der Waals surface area contributed by atoms with E-state index in [1.165, 1.54) is 12.1 Å². The highest BCUT2D eigenvalue weighted by atomic mass is 19.1. The van der Waals surface area contributed by atoms with Gasteiger partial charge in [0.1, 0.15) is 11.5 Å². The molecule has 0 atom stereocenters. The first-order valence-corrected chi connectivity index (χ1v) is 8.79. The summed E-state index contributed by atoms with van der Waals surface area (Å²) in [4.78, 5) is 10.6. The van der Waals surface area contributed by atoms with Gasteiger partial charge < -0.3 is 11.5 Å². The molecule has 1 spiro atoms. The van der Waals surface area contributed by atoms with E-state index in [-0.39, 0.29) is 17.7 Å². The topological polar surface area (TPSA) is 97.8 Å². The van der Waals surface area contributed by atoms with Crippen LogP contribution in [0.2, 0.25) is 0 Å². The van der Waals surface area contributed by atoms with E-state index in [9.17, 15) is 4.39 Å². The summed E-state index contributed by atoms with van der Waals surface area (Å²) in [6, 6.07) is 4.57. The molecule has 1 fully saturated rings. The summed E-state index contributed by atoms with van der Waals surface area (Å²) < 4.78 is 15.9. The normalized spacial score (nSPS) is 19.4. The highest BCUT2D eigenvalue weighted by Gasteiger charge is 2.43. The van der Waals surface area contributed by atoms with Crippen LogP contribution >= 0.6 is 0 Å². The second-order valence-corrected chi connectivity index (χ2v) is 6.91. The summed E-state index contributed by atoms with van der Waals surface area (Å²) in [5.74, 6) is 0.0533. The van der Waals surface area contributed by atoms with Crippen LogP contribution in [-0.2, 0) is 0 Å². The van der Waals surface area contributed by atoms with Gasteiger partial charge in [-0.05, 0) is 56.4 Å². The minimum Gasteiger partial charge on any atom is -0.369 e. The Bertz CT molecular complexity index is 893. The lowest BCUT2D eigenvalue weighted by atomic mass is 9.87. The minimum atomic E-state index is -0.626. The lowest BCUT2D eigenvalue weighted by Crippen LogP contribution is -2.58. The standard InChI is InChI=1S/C18H22FN7/c1-12-10-22-25(11-12)14-6-5-13(19)9-15(14)26-17(21)23-16(20)24-18(26)7-3-2-4-8-18/h5-6,9-11H,2-4,7-8H2,1H3,(H4,20,21,23,24). The average molecular weight is 355 g/mol. The van der Waals surface area contributed by atoms with Gasteiger partial charge in [0.25, 0.3) is 0 Å². The van der Waals surface area contributed by atoms with E-state index < -0.39 is 5.66 Å². The summed E-state index contributed by atoms with van der Waals surface area (Å²) in [6.45, 7) is 1.96. The molecule has 1 aliphatic carbocycles. The predicted molar refractivity (Wildman–Crippen MR) is 99.8 cm³/mol. The fourth-order valence-electron chi connectivity index (χ4n) is 3.88. The summed E-state index contributed by atoms with van der Waals surface area (Å²) in [6.07, 6.45) is 8.37. The first kappa shape index (κ1) is 16.6. The average Bonchev–Trinajstić information content (AvgIpc) is 3.01. The fourth-order valence-corrected chi connectivity index (χ4v) is 3.88. The number of aromatic nitrogens is 2. The molecule has 2 aromatic rings. The van der Waals surface area contributed by atoms with Crippen LogP contribution in [0, 0.1) is 12.7 Å². The lowest BCUT2D eigenvalue weighted by Gasteiger charge is -2.46. The summed E-state index contributed by atoms with van der Waals surface area (Å²) in [5.41, 5.74) is 13.9. The molecule has 0 amide bonds. The molecule has 1 aromatic heterocycles. The van der Waals surface area contributed by atoms with E-state index in [0.29, 0.717) is 5.69 Å². The molecule has 0 radical (unpaired) electrons. The first-order valence-electron chi connectivity index (χ1n) is 8.79. The number of nitrogens with two attached hydrogens (primary N) is 2. The molecule has 8 heteroatoms. The molecule has 7 nitrogen and oxygen atoms in total. The van der Waals surface area contributed by atoms with Gasteiger partial charge in [-0.2, -0.15) is 10.1 Å². The Kier molecular flexibility index (Phi) is 3.90. The Labute approximate surface area is 151 Å². The molecule has 2 aliphatic rings. The van der Waals surface area contributed by atoms with Crippen molar-refractivity contribution in [1.82, 2.24) is 9.78 Å². The molecule has 136 valence electrons. The highest BCUT2D eigenvalue weighted by molar-refractivity contribution is 6.06. The first-order chi connectivity index (χ1) is 12.5. The van der Waals surface area contributed by atoms with Gasteiger partial charge >= 0.3 is 0 Å². The van der Waals surface area contributed by atoms with Crippen molar-refractivity contribution in [2.75, 3.05) is 4.90 Å². The number of aliphatic imine (C=N–C) groups is 2. The minimum absolute atomic E-state index is 0.175. The van der Waals surface area contributed by atoms with Crippen LogP contribution in [0.4, 0.5) is 10.1 Å².